The molecule has 0 radical (unpaired) electrons. The Morgan fingerprint density at radius 2 is 2.14 bits per heavy atom. The quantitative estimate of drug-likeness (QED) is 0.584. The summed E-state index contributed by atoms with van der Waals surface area (Å²) in [4.78, 5) is 19.4. The van der Waals surface area contributed by atoms with Crippen molar-refractivity contribution in [2.75, 3.05) is 17.3 Å². The third-order valence-electron chi connectivity index (χ3n) is 4.99. The monoisotopic (exact) mass is 403 g/mol. The van der Waals surface area contributed by atoms with E-state index in [1.807, 2.05) is 54.3 Å². The highest BCUT2D eigenvalue weighted by atomic mass is 32.2. The Morgan fingerprint density at radius 1 is 1.31 bits per heavy atom. The summed E-state index contributed by atoms with van der Waals surface area (Å²) in [6, 6.07) is 17.8. The van der Waals surface area contributed by atoms with E-state index in [-0.39, 0.29) is 17.7 Å². The molecule has 5 nitrogen and oxygen atoms in total. The lowest BCUT2D eigenvalue weighted by Crippen LogP contribution is -2.37. The van der Waals surface area contributed by atoms with Crippen molar-refractivity contribution in [3.63, 3.8) is 0 Å². The van der Waals surface area contributed by atoms with Crippen LogP contribution < -0.4 is 9.64 Å². The zero-order valence-corrected chi connectivity index (χ0v) is 17.2. The number of fused-ring (bicyclic) bond motifs is 2. The van der Waals surface area contributed by atoms with Crippen molar-refractivity contribution in [1.29, 1.82) is 5.26 Å². The van der Waals surface area contributed by atoms with Crippen molar-refractivity contribution in [3.05, 3.63) is 59.7 Å². The first-order valence-corrected chi connectivity index (χ1v) is 10.6. The average Bonchev–Trinajstić information content (AvgIpc) is 3.07. The smallest absolute Gasteiger partial charge is 0.237 e. The van der Waals surface area contributed by atoms with Crippen molar-refractivity contribution < 1.29 is 9.53 Å². The molecular formula is C23H21N3O2S. The maximum absolute atomic E-state index is 12.9. The number of benzene rings is 2. The maximum atomic E-state index is 12.9. The Balaban J connectivity index is 1.56. The molecular weight excluding hydrogens is 382 g/mol. The largest absolute Gasteiger partial charge is 0.494 e. The molecule has 0 spiro atoms. The SMILES string of the molecule is CCOc1ccc2nc(SCC(=O)N3c4ccccc4C[C@@H]3C)c(C#N)cc2c1. The number of carbonyl (C=O) groups excluding carboxylic acids is 1. The van der Waals surface area contributed by atoms with Crippen LogP contribution in [0.4, 0.5) is 5.69 Å². The summed E-state index contributed by atoms with van der Waals surface area (Å²) in [6.07, 6.45) is 0.867. The molecule has 29 heavy (non-hydrogen) atoms. The zero-order valence-electron chi connectivity index (χ0n) is 16.4. The Bertz CT molecular complexity index is 1120. The number of rotatable bonds is 5. The van der Waals surface area contributed by atoms with E-state index in [4.69, 9.17) is 4.74 Å². The van der Waals surface area contributed by atoms with Gasteiger partial charge < -0.3 is 9.64 Å². The van der Waals surface area contributed by atoms with E-state index < -0.39 is 0 Å². The predicted molar refractivity (Wildman–Crippen MR) is 115 cm³/mol. The summed E-state index contributed by atoms with van der Waals surface area (Å²) in [7, 11) is 0. The summed E-state index contributed by atoms with van der Waals surface area (Å²) < 4.78 is 5.53. The van der Waals surface area contributed by atoms with Crippen LogP contribution in [0.25, 0.3) is 10.9 Å². The third kappa shape index (κ3) is 3.79. The van der Waals surface area contributed by atoms with Gasteiger partial charge in [0.25, 0.3) is 0 Å². The number of hydrogen-bond donors (Lipinski definition) is 0. The highest BCUT2D eigenvalue weighted by molar-refractivity contribution is 8.00. The molecule has 1 atom stereocenters. The van der Waals surface area contributed by atoms with Crippen LogP contribution in [0.15, 0.2) is 53.6 Å². The van der Waals surface area contributed by atoms with Gasteiger partial charge in [0, 0.05) is 17.1 Å². The minimum atomic E-state index is 0.0323. The summed E-state index contributed by atoms with van der Waals surface area (Å²) >= 11 is 1.32. The second-order valence-electron chi connectivity index (χ2n) is 6.97. The molecule has 1 aliphatic heterocycles. The van der Waals surface area contributed by atoms with Gasteiger partial charge in [0.1, 0.15) is 16.8 Å². The minimum absolute atomic E-state index is 0.0323. The Labute approximate surface area is 174 Å². The van der Waals surface area contributed by atoms with Crippen LogP contribution in [0.3, 0.4) is 0 Å². The molecule has 146 valence electrons. The van der Waals surface area contributed by atoms with Gasteiger partial charge in [-0.25, -0.2) is 4.98 Å². The molecule has 2 aromatic carbocycles. The van der Waals surface area contributed by atoms with Gasteiger partial charge in [-0.05, 0) is 56.2 Å². The number of amides is 1. The second-order valence-corrected chi connectivity index (χ2v) is 7.94. The number of carbonyl (C=O) groups is 1. The van der Waals surface area contributed by atoms with Gasteiger partial charge in [-0.15, -0.1) is 0 Å². The van der Waals surface area contributed by atoms with E-state index >= 15 is 0 Å². The number of aromatic nitrogens is 1. The number of nitrogens with zero attached hydrogens (tertiary/aromatic N) is 3. The summed E-state index contributed by atoms with van der Waals surface area (Å²) in [6.45, 7) is 4.57. The first-order valence-electron chi connectivity index (χ1n) is 9.61. The molecule has 0 aliphatic carbocycles. The van der Waals surface area contributed by atoms with E-state index in [0.717, 1.165) is 28.8 Å². The van der Waals surface area contributed by atoms with Crippen LogP contribution >= 0.6 is 11.8 Å². The molecule has 6 heteroatoms. The van der Waals surface area contributed by atoms with Gasteiger partial charge in [0.15, 0.2) is 0 Å². The van der Waals surface area contributed by atoms with Crippen molar-refractivity contribution in [2.24, 2.45) is 0 Å². The average molecular weight is 404 g/mol. The number of para-hydroxylation sites is 1. The highest BCUT2D eigenvalue weighted by Gasteiger charge is 2.30. The van der Waals surface area contributed by atoms with Gasteiger partial charge in [-0.3, -0.25) is 4.79 Å². The van der Waals surface area contributed by atoms with E-state index in [1.165, 1.54) is 17.3 Å². The highest BCUT2D eigenvalue weighted by Crippen LogP contribution is 2.33. The molecule has 1 amide bonds. The van der Waals surface area contributed by atoms with Gasteiger partial charge in [-0.2, -0.15) is 5.26 Å². The molecule has 1 aliphatic rings. The number of ether oxygens (including phenoxy) is 1. The van der Waals surface area contributed by atoms with Gasteiger partial charge in [0.05, 0.1) is 23.4 Å². The molecule has 3 aromatic rings. The molecule has 0 saturated heterocycles. The fourth-order valence-corrected chi connectivity index (χ4v) is 4.55. The molecule has 0 saturated carbocycles. The first-order chi connectivity index (χ1) is 14.1. The third-order valence-corrected chi connectivity index (χ3v) is 5.97. The molecule has 0 unspecified atom stereocenters. The van der Waals surface area contributed by atoms with Crippen LogP contribution in [-0.2, 0) is 11.2 Å². The first kappa shape index (κ1) is 19.3. The zero-order chi connectivity index (χ0) is 20.4. The molecule has 0 bridgehead atoms. The van der Waals surface area contributed by atoms with Crippen molar-refractivity contribution in [3.8, 4) is 11.8 Å². The van der Waals surface area contributed by atoms with E-state index in [1.54, 1.807) is 0 Å². The maximum Gasteiger partial charge on any atom is 0.237 e. The standard InChI is InChI=1S/C23H21N3O2S/c1-3-28-19-8-9-20-17(12-19)11-18(13-24)23(25-20)29-14-22(27)26-15(2)10-16-6-4-5-7-21(16)26/h4-9,11-12,15H,3,10,14H2,1-2H3/t15-/m0/s1. The summed E-state index contributed by atoms with van der Waals surface area (Å²) in [5.74, 6) is 1.02. The number of nitriles is 1. The van der Waals surface area contributed by atoms with Crippen LogP contribution in [0.2, 0.25) is 0 Å². The van der Waals surface area contributed by atoms with Crippen LogP contribution in [0, 0.1) is 11.3 Å². The lowest BCUT2D eigenvalue weighted by Gasteiger charge is -2.22. The Morgan fingerprint density at radius 3 is 2.93 bits per heavy atom. The van der Waals surface area contributed by atoms with E-state index in [0.29, 0.717) is 17.2 Å². The fraction of sp³-hybridized carbons (Fsp3) is 0.261. The summed E-state index contributed by atoms with van der Waals surface area (Å²) in [5.41, 5.74) is 3.44. The van der Waals surface area contributed by atoms with Crippen LogP contribution in [0.1, 0.15) is 25.0 Å². The topological polar surface area (TPSA) is 66.2 Å². The minimum Gasteiger partial charge on any atom is -0.494 e. The lowest BCUT2D eigenvalue weighted by atomic mass is 10.1. The number of pyridine rings is 1. The normalized spacial score (nSPS) is 15.2. The predicted octanol–water partition coefficient (Wildman–Crippen LogP) is 4.58. The van der Waals surface area contributed by atoms with Crippen LogP contribution in [-0.4, -0.2) is 29.3 Å². The number of anilines is 1. The molecule has 4 rings (SSSR count). The van der Waals surface area contributed by atoms with Crippen LogP contribution in [0.5, 0.6) is 5.75 Å². The van der Waals surface area contributed by atoms with E-state index in [2.05, 4.69) is 24.0 Å². The molecule has 1 aromatic heterocycles. The van der Waals surface area contributed by atoms with Crippen molar-refractivity contribution in [1.82, 2.24) is 4.98 Å². The lowest BCUT2D eigenvalue weighted by molar-refractivity contribution is -0.116. The van der Waals surface area contributed by atoms with Gasteiger partial charge in [0.2, 0.25) is 5.91 Å². The Kier molecular flexibility index (Phi) is 5.41. The number of hydrogen-bond acceptors (Lipinski definition) is 5. The van der Waals surface area contributed by atoms with Crippen molar-refractivity contribution >= 4 is 34.3 Å². The molecule has 2 heterocycles. The van der Waals surface area contributed by atoms with Gasteiger partial charge >= 0.3 is 0 Å². The van der Waals surface area contributed by atoms with E-state index in [9.17, 15) is 10.1 Å². The molecule has 0 N–H and O–H groups in total. The Hall–Kier alpha value is -3.04. The van der Waals surface area contributed by atoms with Gasteiger partial charge in [-0.1, -0.05) is 30.0 Å². The molecule has 0 fully saturated rings. The summed E-state index contributed by atoms with van der Waals surface area (Å²) in [5, 5.41) is 11.0. The second kappa shape index (κ2) is 8.14. The fourth-order valence-electron chi connectivity index (χ4n) is 3.73. The van der Waals surface area contributed by atoms with Crippen molar-refractivity contribution in [2.45, 2.75) is 31.3 Å². The number of thioether (sulfide) groups is 1.